The Balaban J connectivity index is 1.35. The van der Waals surface area contributed by atoms with E-state index in [0.29, 0.717) is 22.3 Å². The molecule has 146 valence electrons. The van der Waals surface area contributed by atoms with Crippen molar-refractivity contribution in [3.05, 3.63) is 40.8 Å². The molecule has 1 amide bonds. The number of carbonyl (C=O) groups excluding carboxylic acids is 1. The Hall–Kier alpha value is -2.42. The van der Waals surface area contributed by atoms with Crippen LogP contribution in [0.15, 0.2) is 30.7 Å². The highest BCUT2D eigenvalue weighted by Gasteiger charge is 2.22. The molecule has 3 heterocycles. The maximum absolute atomic E-state index is 12.4. The van der Waals surface area contributed by atoms with Gasteiger partial charge in [0.05, 0.1) is 28.8 Å². The molecular formula is C18H19Cl2N7O. The number of rotatable bonds is 4. The number of carbonyl (C=O) groups is 1. The van der Waals surface area contributed by atoms with Crippen LogP contribution in [0.2, 0.25) is 10.0 Å². The third kappa shape index (κ3) is 3.89. The van der Waals surface area contributed by atoms with Crippen molar-refractivity contribution in [2.75, 3.05) is 42.9 Å². The van der Waals surface area contributed by atoms with E-state index in [2.05, 4.69) is 30.2 Å². The third-order valence-electron chi connectivity index (χ3n) is 4.75. The predicted octanol–water partition coefficient (Wildman–Crippen LogP) is 2.43. The number of fused-ring (bicyclic) bond motifs is 1. The lowest BCUT2D eigenvalue weighted by molar-refractivity contribution is -0.117. The molecule has 0 atom stereocenters. The van der Waals surface area contributed by atoms with Crippen LogP contribution in [0.1, 0.15) is 0 Å². The monoisotopic (exact) mass is 419 g/mol. The molecule has 1 fully saturated rings. The zero-order valence-corrected chi connectivity index (χ0v) is 16.8. The number of amides is 1. The molecule has 0 saturated carbocycles. The normalized spacial score (nSPS) is 15.2. The van der Waals surface area contributed by atoms with E-state index in [9.17, 15) is 4.79 Å². The van der Waals surface area contributed by atoms with Crippen LogP contribution < -0.4 is 10.2 Å². The number of hydrogen-bond acceptors (Lipinski definition) is 6. The van der Waals surface area contributed by atoms with Gasteiger partial charge in [-0.15, -0.1) is 0 Å². The fourth-order valence-corrected chi connectivity index (χ4v) is 3.76. The van der Waals surface area contributed by atoms with Gasteiger partial charge in [-0.1, -0.05) is 23.2 Å². The van der Waals surface area contributed by atoms with Gasteiger partial charge in [-0.05, 0) is 18.2 Å². The number of hydrogen-bond donors (Lipinski definition) is 1. The van der Waals surface area contributed by atoms with Gasteiger partial charge in [-0.25, -0.2) is 9.97 Å². The van der Waals surface area contributed by atoms with Gasteiger partial charge in [-0.3, -0.25) is 14.4 Å². The molecule has 28 heavy (non-hydrogen) atoms. The van der Waals surface area contributed by atoms with Gasteiger partial charge < -0.3 is 10.2 Å². The molecule has 1 N–H and O–H groups in total. The highest BCUT2D eigenvalue weighted by Crippen LogP contribution is 2.26. The zero-order chi connectivity index (χ0) is 19.7. The second-order valence-electron chi connectivity index (χ2n) is 6.64. The van der Waals surface area contributed by atoms with E-state index in [4.69, 9.17) is 23.2 Å². The fourth-order valence-electron chi connectivity index (χ4n) is 3.30. The number of benzene rings is 1. The molecule has 0 bridgehead atoms. The lowest BCUT2D eigenvalue weighted by Crippen LogP contribution is -2.49. The van der Waals surface area contributed by atoms with Crippen molar-refractivity contribution in [1.29, 1.82) is 0 Å². The van der Waals surface area contributed by atoms with Gasteiger partial charge in [0, 0.05) is 38.2 Å². The van der Waals surface area contributed by atoms with Crippen LogP contribution in [0.25, 0.3) is 11.0 Å². The van der Waals surface area contributed by atoms with Crippen molar-refractivity contribution in [1.82, 2.24) is 24.6 Å². The van der Waals surface area contributed by atoms with Gasteiger partial charge in [0.25, 0.3) is 0 Å². The summed E-state index contributed by atoms with van der Waals surface area (Å²) in [6, 6.07) is 5.01. The summed E-state index contributed by atoms with van der Waals surface area (Å²) in [5, 5.41) is 9.00. The van der Waals surface area contributed by atoms with Gasteiger partial charge in [0.15, 0.2) is 5.65 Å². The minimum atomic E-state index is -0.102. The molecule has 0 unspecified atom stereocenters. The maximum atomic E-state index is 12.4. The number of aryl methyl sites for hydroxylation is 1. The average Bonchev–Trinajstić information content (AvgIpc) is 3.06. The first-order valence-corrected chi connectivity index (χ1v) is 9.62. The Bertz CT molecular complexity index is 1010. The minimum absolute atomic E-state index is 0.102. The Morgan fingerprint density at radius 3 is 2.71 bits per heavy atom. The van der Waals surface area contributed by atoms with Crippen LogP contribution in [0.3, 0.4) is 0 Å². The molecule has 1 aliphatic rings. The second-order valence-corrected chi connectivity index (χ2v) is 7.48. The summed E-state index contributed by atoms with van der Waals surface area (Å²) in [4.78, 5) is 25.4. The molecule has 0 radical (unpaired) electrons. The van der Waals surface area contributed by atoms with Crippen molar-refractivity contribution in [2.24, 2.45) is 7.05 Å². The van der Waals surface area contributed by atoms with E-state index in [1.807, 2.05) is 7.05 Å². The highest BCUT2D eigenvalue weighted by atomic mass is 35.5. The molecule has 0 spiro atoms. The van der Waals surface area contributed by atoms with Crippen LogP contribution in [0.5, 0.6) is 0 Å². The van der Waals surface area contributed by atoms with Crippen LogP contribution in [0, 0.1) is 0 Å². The number of aromatic nitrogens is 4. The SMILES string of the molecule is Cn1ncc2c(N3CCN(CC(=O)Nc4ccc(Cl)cc4Cl)CC3)ncnc21. The summed E-state index contributed by atoms with van der Waals surface area (Å²) in [6.45, 7) is 3.37. The molecule has 1 aliphatic heterocycles. The van der Waals surface area contributed by atoms with Crippen molar-refractivity contribution in [3.8, 4) is 0 Å². The third-order valence-corrected chi connectivity index (χ3v) is 5.30. The predicted molar refractivity (Wildman–Crippen MR) is 110 cm³/mol. The van der Waals surface area contributed by atoms with Crippen molar-refractivity contribution in [3.63, 3.8) is 0 Å². The number of nitrogens with zero attached hydrogens (tertiary/aromatic N) is 6. The second kappa shape index (κ2) is 7.90. The summed E-state index contributed by atoms with van der Waals surface area (Å²) in [7, 11) is 1.86. The van der Waals surface area contributed by atoms with Crippen LogP contribution in [-0.4, -0.2) is 63.3 Å². The van der Waals surface area contributed by atoms with E-state index < -0.39 is 0 Å². The standard InChI is InChI=1S/C18H19Cl2N7O/c1-25-17-13(9-23-25)18(22-11-21-17)27-6-4-26(5-7-27)10-16(28)24-15-3-2-12(19)8-14(15)20/h2-3,8-9,11H,4-7,10H2,1H3,(H,24,28). The van der Waals surface area contributed by atoms with Gasteiger partial charge in [0.1, 0.15) is 12.1 Å². The van der Waals surface area contributed by atoms with E-state index in [1.54, 1.807) is 35.4 Å². The Morgan fingerprint density at radius 2 is 1.96 bits per heavy atom. The zero-order valence-electron chi connectivity index (χ0n) is 15.3. The van der Waals surface area contributed by atoms with Gasteiger partial charge in [0.2, 0.25) is 5.91 Å². The number of piperazine rings is 1. The average molecular weight is 420 g/mol. The smallest absolute Gasteiger partial charge is 0.238 e. The molecule has 8 nitrogen and oxygen atoms in total. The largest absolute Gasteiger partial charge is 0.353 e. The Morgan fingerprint density at radius 1 is 1.18 bits per heavy atom. The Kier molecular flexibility index (Phi) is 5.34. The molecule has 1 aromatic carbocycles. The summed E-state index contributed by atoms with van der Waals surface area (Å²) in [5.41, 5.74) is 1.38. The lowest BCUT2D eigenvalue weighted by Gasteiger charge is -2.35. The molecule has 0 aliphatic carbocycles. The van der Waals surface area contributed by atoms with Crippen LogP contribution >= 0.6 is 23.2 Å². The van der Waals surface area contributed by atoms with Crippen LogP contribution in [0.4, 0.5) is 11.5 Å². The van der Waals surface area contributed by atoms with E-state index in [-0.39, 0.29) is 5.91 Å². The van der Waals surface area contributed by atoms with E-state index in [1.165, 1.54) is 0 Å². The molecular weight excluding hydrogens is 401 g/mol. The molecule has 4 rings (SSSR count). The first-order chi connectivity index (χ1) is 13.5. The molecule has 2 aromatic heterocycles. The summed E-state index contributed by atoms with van der Waals surface area (Å²) in [5.74, 6) is 0.782. The number of halogens is 2. The summed E-state index contributed by atoms with van der Waals surface area (Å²) < 4.78 is 1.74. The topological polar surface area (TPSA) is 79.2 Å². The van der Waals surface area contributed by atoms with E-state index in [0.717, 1.165) is 43.0 Å². The van der Waals surface area contributed by atoms with Gasteiger partial charge in [-0.2, -0.15) is 5.10 Å². The van der Waals surface area contributed by atoms with Crippen LogP contribution in [-0.2, 0) is 11.8 Å². The minimum Gasteiger partial charge on any atom is -0.353 e. The molecule has 1 saturated heterocycles. The number of anilines is 2. The molecule has 10 heteroatoms. The maximum Gasteiger partial charge on any atom is 0.238 e. The first-order valence-electron chi connectivity index (χ1n) is 8.86. The number of nitrogens with one attached hydrogen (secondary N) is 1. The van der Waals surface area contributed by atoms with Gasteiger partial charge >= 0.3 is 0 Å². The summed E-state index contributed by atoms with van der Waals surface area (Å²) in [6.07, 6.45) is 3.36. The van der Waals surface area contributed by atoms with Crippen molar-refractivity contribution >= 4 is 51.6 Å². The summed E-state index contributed by atoms with van der Waals surface area (Å²) >= 11 is 12.0. The van der Waals surface area contributed by atoms with Crippen molar-refractivity contribution in [2.45, 2.75) is 0 Å². The fraction of sp³-hybridized carbons (Fsp3) is 0.333. The quantitative estimate of drug-likeness (QED) is 0.699. The highest BCUT2D eigenvalue weighted by molar-refractivity contribution is 6.36. The van der Waals surface area contributed by atoms with E-state index >= 15 is 0 Å². The van der Waals surface area contributed by atoms with Crippen molar-refractivity contribution < 1.29 is 4.79 Å². The first kappa shape index (κ1) is 18.9. The Labute approximate surface area is 172 Å². The molecule has 3 aromatic rings. The lowest BCUT2D eigenvalue weighted by atomic mass is 10.2.